The van der Waals surface area contributed by atoms with Gasteiger partial charge in [-0.1, -0.05) is 18.2 Å². The molecule has 0 atom stereocenters. The van der Waals surface area contributed by atoms with Crippen LogP contribution in [0.2, 0.25) is 0 Å². The second kappa shape index (κ2) is 2.77. The molecule has 0 fully saturated rings. The maximum Gasteiger partial charge on any atom is 0.193 e. The number of aliphatic imine (C=N–C) groups is 1. The van der Waals surface area contributed by atoms with Crippen molar-refractivity contribution in [3.8, 4) is 0 Å². The van der Waals surface area contributed by atoms with E-state index in [0.29, 0.717) is 6.54 Å². The Labute approximate surface area is 70.3 Å². The summed E-state index contributed by atoms with van der Waals surface area (Å²) in [6.45, 7) is 0.385. The molecule has 1 aromatic carbocycles. The highest BCUT2D eigenvalue weighted by atomic mass is 16.5. The predicted octanol–water partition coefficient (Wildman–Crippen LogP) is 1.48. The summed E-state index contributed by atoms with van der Waals surface area (Å²) in [5.74, 6) is 0. The van der Waals surface area contributed by atoms with E-state index in [1.165, 1.54) is 12.4 Å². The van der Waals surface area contributed by atoms with E-state index in [0.717, 1.165) is 16.0 Å². The molecule has 0 aliphatic carbocycles. The van der Waals surface area contributed by atoms with Crippen LogP contribution in [0, 0.1) is 5.21 Å². The average Bonchev–Trinajstić information content (AvgIpc) is 2.25. The molecule has 1 aliphatic heterocycles. The zero-order valence-electron chi connectivity index (χ0n) is 6.47. The van der Waals surface area contributed by atoms with Gasteiger partial charge in [0.25, 0.3) is 0 Å². The standard InChI is InChI=1S/C9H8N2O/c12-11-6-5-10-9-4-2-1-3-8(9)7-11/h1-6H,7H2. The molecule has 0 amide bonds. The zero-order chi connectivity index (χ0) is 8.39. The minimum absolute atomic E-state index is 0.385. The highest BCUT2D eigenvalue weighted by molar-refractivity contribution is 6.14. The predicted molar refractivity (Wildman–Crippen MR) is 48.0 cm³/mol. The Morgan fingerprint density at radius 3 is 3.08 bits per heavy atom. The van der Waals surface area contributed by atoms with Crippen LogP contribution < -0.4 is 0 Å². The lowest BCUT2D eigenvalue weighted by atomic mass is 10.2. The fourth-order valence-corrected chi connectivity index (χ4v) is 1.18. The first-order valence-corrected chi connectivity index (χ1v) is 3.75. The lowest BCUT2D eigenvalue weighted by Crippen LogP contribution is -2.03. The smallest absolute Gasteiger partial charge is 0.193 e. The summed E-state index contributed by atoms with van der Waals surface area (Å²) in [4.78, 5) is 4.11. The molecule has 2 rings (SSSR count). The molecule has 60 valence electrons. The molecular formula is C9H8N2O. The van der Waals surface area contributed by atoms with E-state index in [1.807, 2.05) is 24.3 Å². The number of nitrogens with zero attached hydrogens (tertiary/aromatic N) is 2. The summed E-state index contributed by atoms with van der Waals surface area (Å²) in [6, 6.07) is 7.64. The largest absolute Gasteiger partial charge is 0.624 e. The first-order valence-electron chi connectivity index (χ1n) is 3.75. The fourth-order valence-electron chi connectivity index (χ4n) is 1.18. The maximum atomic E-state index is 11.0. The molecule has 12 heavy (non-hydrogen) atoms. The van der Waals surface area contributed by atoms with E-state index in [2.05, 4.69) is 4.99 Å². The molecule has 1 aliphatic rings. The van der Waals surface area contributed by atoms with Gasteiger partial charge in [-0.15, -0.1) is 0 Å². The van der Waals surface area contributed by atoms with Crippen molar-refractivity contribution in [2.45, 2.75) is 6.54 Å². The van der Waals surface area contributed by atoms with Crippen molar-refractivity contribution < 1.29 is 4.74 Å². The van der Waals surface area contributed by atoms with Gasteiger partial charge in [0, 0.05) is 5.56 Å². The van der Waals surface area contributed by atoms with Crippen LogP contribution in [0.1, 0.15) is 5.56 Å². The third-order valence-electron chi connectivity index (χ3n) is 1.76. The summed E-state index contributed by atoms with van der Waals surface area (Å²) >= 11 is 0. The summed E-state index contributed by atoms with van der Waals surface area (Å²) in [5, 5.41) is 11.0. The van der Waals surface area contributed by atoms with Crippen LogP contribution >= 0.6 is 0 Å². The highest BCUT2D eigenvalue weighted by Gasteiger charge is 2.05. The van der Waals surface area contributed by atoms with Gasteiger partial charge in [-0.05, 0) is 6.07 Å². The van der Waals surface area contributed by atoms with E-state index < -0.39 is 0 Å². The molecule has 0 N–H and O–H groups in total. The Morgan fingerprint density at radius 2 is 2.17 bits per heavy atom. The molecular weight excluding hydrogens is 152 g/mol. The van der Waals surface area contributed by atoms with E-state index >= 15 is 0 Å². The number of hydrogen-bond acceptors (Lipinski definition) is 2. The number of benzene rings is 1. The van der Waals surface area contributed by atoms with Crippen molar-refractivity contribution in [1.29, 1.82) is 0 Å². The monoisotopic (exact) mass is 160 g/mol. The number of rotatable bonds is 0. The number of hydrogen-bond donors (Lipinski definition) is 0. The van der Waals surface area contributed by atoms with Crippen LogP contribution in [0.15, 0.2) is 29.3 Å². The molecule has 0 bridgehead atoms. The van der Waals surface area contributed by atoms with E-state index in [1.54, 1.807) is 0 Å². The normalized spacial score (nSPS) is 14.8. The Balaban J connectivity index is 2.49. The van der Waals surface area contributed by atoms with E-state index in [9.17, 15) is 5.21 Å². The van der Waals surface area contributed by atoms with Crippen LogP contribution in [0.25, 0.3) is 0 Å². The molecule has 0 saturated carbocycles. The first kappa shape index (κ1) is 7.03. The van der Waals surface area contributed by atoms with Crippen molar-refractivity contribution in [2.24, 2.45) is 4.99 Å². The quantitative estimate of drug-likeness (QED) is 0.418. The maximum absolute atomic E-state index is 11.0. The molecule has 0 radical (unpaired) electrons. The van der Waals surface area contributed by atoms with Crippen LogP contribution in [-0.2, 0) is 6.54 Å². The van der Waals surface area contributed by atoms with Crippen LogP contribution in [0.3, 0.4) is 0 Å². The lowest BCUT2D eigenvalue weighted by Gasteiger charge is -2.02. The van der Waals surface area contributed by atoms with Crippen molar-refractivity contribution in [3.63, 3.8) is 0 Å². The van der Waals surface area contributed by atoms with Crippen molar-refractivity contribution in [3.05, 3.63) is 35.0 Å². The van der Waals surface area contributed by atoms with Crippen molar-refractivity contribution in [2.75, 3.05) is 0 Å². The zero-order valence-corrected chi connectivity index (χ0v) is 6.47. The minimum Gasteiger partial charge on any atom is -0.624 e. The molecule has 0 spiro atoms. The van der Waals surface area contributed by atoms with Crippen molar-refractivity contribution >= 4 is 18.1 Å². The number of para-hydroxylation sites is 1. The van der Waals surface area contributed by atoms with Gasteiger partial charge >= 0.3 is 0 Å². The molecule has 1 aromatic rings. The molecule has 3 heteroatoms. The molecule has 0 unspecified atom stereocenters. The Morgan fingerprint density at radius 1 is 1.33 bits per heavy atom. The summed E-state index contributed by atoms with van der Waals surface area (Å²) < 4.78 is 0.870. The third kappa shape index (κ3) is 1.21. The second-order valence-electron chi connectivity index (χ2n) is 2.63. The average molecular weight is 160 g/mol. The molecule has 0 aromatic heterocycles. The van der Waals surface area contributed by atoms with Crippen LogP contribution in [0.5, 0.6) is 0 Å². The molecule has 3 nitrogen and oxygen atoms in total. The van der Waals surface area contributed by atoms with Gasteiger partial charge in [0.2, 0.25) is 0 Å². The number of fused-ring (bicyclic) bond motifs is 1. The van der Waals surface area contributed by atoms with Gasteiger partial charge in [0.05, 0.1) is 11.9 Å². The highest BCUT2D eigenvalue weighted by Crippen LogP contribution is 2.19. The van der Waals surface area contributed by atoms with E-state index in [4.69, 9.17) is 0 Å². The lowest BCUT2D eigenvalue weighted by molar-refractivity contribution is -0.467. The second-order valence-corrected chi connectivity index (χ2v) is 2.63. The van der Waals surface area contributed by atoms with Crippen molar-refractivity contribution in [1.82, 2.24) is 0 Å². The Kier molecular flexibility index (Phi) is 1.63. The molecule has 1 heterocycles. The third-order valence-corrected chi connectivity index (χ3v) is 1.76. The van der Waals surface area contributed by atoms with Gasteiger partial charge < -0.3 is 5.21 Å². The van der Waals surface area contributed by atoms with Gasteiger partial charge in [-0.25, -0.2) is 4.74 Å². The Bertz CT molecular complexity index is 355. The fraction of sp³-hybridized carbons (Fsp3) is 0.111. The topological polar surface area (TPSA) is 38.4 Å². The molecule has 0 saturated heterocycles. The first-order chi connectivity index (χ1) is 5.86. The van der Waals surface area contributed by atoms with Gasteiger partial charge in [0.1, 0.15) is 0 Å². The van der Waals surface area contributed by atoms with Crippen LogP contribution in [-0.4, -0.2) is 17.2 Å². The minimum atomic E-state index is 0.385. The van der Waals surface area contributed by atoms with Crippen LogP contribution in [0.4, 0.5) is 5.69 Å². The summed E-state index contributed by atoms with van der Waals surface area (Å²) in [6.07, 6.45) is 2.96. The summed E-state index contributed by atoms with van der Waals surface area (Å²) in [7, 11) is 0. The van der Waals surface area contributed by atoms with Gasteiger partial charge in [-0.2, -0.15) is 0 Å². The summed E-state index contributed by atoms with van der Waals surface area (Å²) in [5.41, 5.74) is 1.85. The number of hydroxylamine groups is 1. The van der Waals surface area contributed by atoms with Gasteiger partial charge in [-0.3, -0.25) is 4.99 Å². The van der Waals surface area contributed by atoms with E-state index in [-0.39, 0.29) is 0 Å². The Hall–Kier alpha value is -1.64. The van der Waals surface area contributed by atoms with Gasteiger partial charge in [0.15, 0.2) is 12.8 Å². The SMILES string of the molecule is [O-][N+]1=CC=Nc2ccccc2C1.